The van der Waals surface area contributed by atoms with Crippen LogP contribution in [-0.4, -0.2) is 26.4 Å². The number of rotatable bonds is 4. The Bertz CT molecular complexity index is 1530. The Kier molecular flexibility index (Phi) is 5.00. The molecule has 0 bridgehead atoms. The maximum atomic E-state index is 13.0. The molecule has 6 rings (SSSR count). The van der Waals surface area contributed by atoms with Gasteiger partial charge in [0.2, 0.25) is 0 Å². The third kappa shape index (κ3) is 3.49. The van der Waals surface area contributed by atoms with Gasteiger partial charge in [-0.05, 0) is 23.3 Å². The largest absolute Gasteiger partial charge is 0.342 e. The van der Waals surface area contributed by atoms with E-state index in [2.05, 4.69) is 40.0 Å². The number of hydrogen-bond donors (Lipinski definition) is 1. The van der Waals surface area contributed by atoms with Crippen molar-refractivity contribution in [2.45, 2.75) is 6.54 Å². The Balaban J connectivity index is 1.41. The third-order valence-corrected chi connectivity index (χ3v) is 6.82. The fourth-order valence-electron chi connectivity index (χ4n) is 4.37. The second-order valence-electron chi connectivity index (χ2n) is 8.14. The molecule has 5 nitrogen and oxygen atoms in total. The molecule has 34 heavy (non-hydrogen) atoms. The van der Waals surface area contributed by atoms with Crippen molar-refractivity contribution in [3.05, 3.63) is 119 Å². The summed E-state index contributed by atoms with van der Waals surface area (Å²) in [6.45, 7) is 0.724. The lowest BCUT2D eigenvalue weighted by Gasteiger charge is -2.26. The molecule has 164 valence electrons. The molecule has 1 amide bonds. The van der Waals surface area contributed by atoms with Crippen molar-refractivity contribution in [3.8, 4) is 0 Å². The van der Waals surface area contributed by atoms with Gasteiger partial charge in [-0.2, -0.15) is 4.99 Å². The smallest absolute Gasteiger partial charge is 0.283 e. The van der Waals surface area contributed by atoms with Crippen LogP contribution in [0.3, 0.4) is 0 Å². The highest BCUT2D eigenvalue weighted by molar-refractivity contribution is 8.17. The van der Waals surface area contributed by atoms with Crippen molar-refractivity contribution in [2.24, 2.45) is 4.99 Å². The topological polar surface area (TPSA) is 61.5 Å². The number of nitrogens with one attached hydrogen (secondary N) is 1. The summed E-state index contributed by atoms with van der Waals surface area (Å²) in [6.07, 6.45) is 3.86. The number of aromatic nitrogens is 1. The van der Waals surface area contributed by atoms with Crippen LogP contribution in [0.5, 0.6) is 0 Å². The molecule has 0 spiro atoms. The normalized spacial score (nSPS) is 16.7. The monoisotopic (exact) mass is 460 g/mol. The first-order valence-corrected chi connectivity index (χ1v) is 11.8. The second-order valence-corrected chi connectivity index (χ2v) is 8.98. The van der Waals surface area contributed by atoms with E-state index in [9.17, 15) is 4.79 Å². The van der Waals surface area contributed by atoms with E-state index in [0.717, 1.165) is 34.3 Å². The molecule has 1 aromatic heterocycles. The number of carbonyl (C=O) groups is 1. The van der Waals surface area contributed by atoms with Gasteiger partial charge in [0.1, 0.15) is 5.84 Å². The molecular formula is C28H20N4OS. The van der Waals surface area contributed by atoms with Crippen LogP contribution in [0, 0.1) is 5.41 Å². The fraction of sp³-hybridized carbons (Fsp3) is 0.0357. The quantitative estimate of drug-likeness (QED) is 0.380. The molecule has 4 aromatic rings. The van der Waals surface area contributed by atoms with Gasteiger partial charge >= 0.3 is 0 Å². The number of carbonyl (C=O) groups excluding carboxylic acids is 1. The van der Waals surface area contributed by atoms with Gasteiger partial charge in [0.05, 0.1) is 11.3 Å². The number of thioether (sulfide) groups is 1. The van der Waals surface area contributed by atoms with Crippen LogP contribution in [0.4, 0.5) is 0 Å². The Morgan fingerprint density at radius 2 is 1.62 bits per heavy atom. The molecule has 0 aliphatic carbocycles. The highest BCUT2D eigenvalue weighted by Gasteiger charge is 2.36. The van der Waals surface area contributed by atoms with Crippen molar-refractivity contribution in [3.63, 3.8) is 0 Å². The zero-order chi connectivity index (χ0) is 23.1. The molecular weight excluding hydrogens is 440 g/mol. The fourth-order valence-corrected chi connectivity index (χ4v) is 5.26. The molecule has 0 atom stereocenters. The van der Waals surface area contributed by atoms with Gasteiger partial charge < -0.3 is 4.57 Å². The molecule has 3 aromatic carbocycles. The number of amides is 1. The molecule has 1 N–H and O–H groups in total. The summed E-state index contributed by atoms with van der Waals surface area (Å²) in [5, 5.41) is 12.4. The molecule has 0 fully saturated rings. The lowest BCUT2D eigenvalue weighted by molar-refractivity contribution is -0.114. The number of aliphatic imine (C=N–C) groups is 1. The molecule has 0 radical (unpaired) electrons. The van der Waals surface area contributed by atoms with Gasteiger partial charge in [-0.1, -0.05) is 90.6 Å². The van der Waals surface area contributed by atoms with Crippen LogP contribution in [0.1, 0.15) is 16.7 Å². The Labute approximate surface area is 201 Å². The van der Waals surface area contributed by atoms with E-state index in [1.54, 1.807) is 11.0 Å². The zero-order valence-electron chi connectivity index (χ0n) is 18.2. The standard InChI is InChI=1S/C28H20N4OS/c29-26-23(27(33)30-28-32(26)25(18-34-28)20-11-5-2-6-12-20)15-21-17-31(16-19-9-3-1-4-10-19)24-14-8-7-13-22(21)24/h1-15,17-18,29H,16H2/b23-15-,29-26?. The summed E-state index contributed by atoms with van der Waals surface area (Å²) < 4.78 is 2.18. The summed E-state index contributed by atoms with van der Waals surface area (Å²) in [6, 6.07) is 28.3. The zero-order valence-corrected chi connectivity index (χ0v) is 19.0. The van der Waals surface area contributed by atoms with Crippen molar-refractivity contribution < 1.29 is 4.79 Å². The van der Waals surface area contributed by atoms with E-state index in [0.29, 0.717) is 5.17 Å². The average Bonchev–Trinajstić information content (AvgIpc) is 3.45. The van der Waals surface area contributed by atoms with E-state index in [-0.39, 0.29) is 17.3 Å². The molecule has 0 saturated heterocycles. The Hall–Kier alpha value is -4.16. The minimum absolute atomic E-state index is 0.148. The van der Waals surface area contributed by atoms with E-state index in [1.807, 2.05) is 66.1 Å². The van der Waals surface area contributed by atoms with E-state index in [4.69, 9.17) is 5.41 Å². The van der Waals surface area contributed by atoms with Crippen LogP contribution in [0.15, 0.2) is 107 Å². The number of fused-ring (bicyclic) bond motifs is 2. The van der Waals surface area contributed by atoms with Gasteiger partial charge in [-0.3, -0.25) is 15.1 Å². The van der Waals surface area contributed by atoms with Gasteiger partial charge in [-0.15, -0.1) is 0 Å². The Morgan fingerprint density at radius 3 is 2.41 bits per heavy atom. The van der Waals surface area contributed by atoms with Crippen molar-refractivity contribution in [1.82, 2.24) is 9.47 Å². The van der Waals surface area contributed by atoms with Gasteiger partial charge in [0, 0.05) is 34.6 Å². The number of para-hydroxylation sites is 1. The SMILES string of the molecule is N=C1/C(=C/c2cn(Cc3ccccc3)c3ccccc23)C(=O)N=C2SC=C(c3ccccc3)N12. The molecule has 6 heteroatoms. The molecule has 2 aliphatic heterocycles. The van der Waals surface area contributed by atoms with E-state index < -0.39 is 0 Å². The molecule has 3 heterocycles. The number of benzene rings is 3. The number of amidine groups is 2. The van der Waals surface area contributed by atoms with E-state index in [1.165, 1.54) is 17.3 Å². The van der Waals surface area contributed by atoms with E-state index >= 15 is 0 Å². The highest BCUT2D eigenvalue weighted by Crippen LogP contribution is 2.37. The van der Waals surface area contributed by atoms with Gasteiger partial charge in [0.25, 0.3) is 5.91 Å². The van der Waals surface area contributed by atoms with Crippen LogP contribution >= 0.6 is 11.8 Å². The molecule has 2 aliphatic rings. The summed E-state index contributed by atoms with van der Waals surface area (Å²) in [5.41, 5.74) is 5.31. The van der Waals surface area contributed by atoms with Crippen molar-refractivity contribution >= 4 is 51.3 Å². The number of nitrogens with zero attached hydrogens (tertiary/aromatic N) is 3. The Morgan fingerprint density at radius 1 is 0.912 bits per heavy atom. The predicted octanol–water partition coefficient (Wildman–Crippen LogP) is 5.99. The molecule has 0 saturated carbocycles. The number of hydrogen-bond acceptors (Lipinski definition) is 3. The summed E-state index contributed by atoms with van der Waals surface area (Å²) in [5.74, 6) is -0.235. The van der Waals surface area contributed by atoms with Crippen LogP contribution in [0.25, 0.3) is 22.7 Å². The first-order chi connectivity index (χ1) is 16.7. The minimum atomic E-state index is -0.383. The first kappa shape index (κ1) is 20.4. The van der Waals surface area contributed by atoms with Crippen molar-refractivity contribution in [2.75, 3.05) is 0 Å². The van der Waals surface area contributed by atoms with Crippen LogP contribution in [0.2, 0.25) is 0 Å². The first-order valence-electron chi connectivity index (χ1n) is 11.0. The van der Waals surface area contributed by atoms with Gasteiger partial charge in [-0.25, -0.2) is 0 Å². The van der Waals surface area contributed by atoms with Crippen LogP contribution in [-0.2, 0) is 11.3 Å². The average molecular weight is 461 g/mol. The summed E-state index contributed by atoms with van der Waals surface area (Å²) in [7, 11) is 0. The maximum absolute atomic E-state index is 13.0. The third-order valence-electron chi connectivity index (χ3n) is 6.00. The maximum Gasteiger partial charge on any atom is 0.283 e. The minimum Gasteiger partial charge on any atom is -0.342 e. The summed E-state index contributed by atoms with van der Waals surface area (Å²) in [4.78, 5) is 19.0. The lowest BCUT2D eigenvalue weighted by atomic mass is 10.1. The second kappa shape index (κ2) is 8.32. The predicted molar refractivity (Wildman–Crippen MR) is 139 cm³/mol. The van der Waals surface area contributed by atoms with Crippen molar-refractivity contribution in [1.29, 1.82) is 5.41 Å². The highest BCUT2D eigenvalue weighted by atomic mass is 32.2. The molecule has 0 unspecified atom stereocenters. The van der Waals surface area contributed by atoms with Gasteiger partial charge in [0.15, 0.2) is 5.17 Å². The summed E-state index contributed by atoms with van der Waals surface area (Å²) >= 11 is 1.37. The lowest BCUT2D eigenvalue weighted by Crippen LogP contribution is -2.37. The van der Waals surface area contributed by atoms with Crippen LogP contribution < -0.4 is 0 Å².